The van der Waals surface area contributed by atoms with Gasteiger partial charge in [-0.1, -0.05) is 42.5 Å². The summed E-state index contributed by atoms with van der Waals surface area (Å²) in [5, 5.41) is 3.65. The summed E-state index contributed by atoms with van der Waals surface area (Å²) in [5.41, 5.74) is 5.61. The Labute approximate surface area is 126 Å². The van der Waals surface area contributed by atoms with Crippen molar-refractivity contribution in [2.45, 2.75) is 25.7 Å². The van der Waals surface area contributed by atoms with Crippen LogP contribution < -0.4 is 5.32 Å². The van der Waals surface area contributed by atoms with Gasteiger partial charge in [-0.05, 0) is 61.0 Å². The molecule has 2 atom stereocenters. The van der Waals surface area contributed by atoms with Crippen LogP contribution >= 0.6 is 0 Å². The number of benzene rings is 1. The minimum Gasteiger partial charge on any atom is -0.356 e. The molecule has 0 fully saturated rings. The smallest absolute Gasteiger partial charge is 0.0385 e. The van der Waals surface area contributed by atoms with Crippen LogP contribution in [0.25, 0.3) is 0 Å². The van der Waals surface area contributed by atoms with Crippen molar-refractivity contribution in [1.82, 2.24) is 0 Å². The van der Waals surface area contributed by atoms with Crippen LogP contribution in [0.1, 0.15) is 25.7 Å². The lowest BCUT2D eigenvalue weighted by atomic mass is 9.69. The molecule has 21 heavy (non-hydrogen) atoms. The third kappa shape index (κ3) is 2.37. The zero-order chi connectivity index (χ0) is 14.1. The summed E-state index contributed by atoms with van der Waals surface area (Å²) in [4.78, 5) is 0. The average Bonchev–Trinajstić information content (AvgIpc) is 2.56. The first-order chi connectivity index (χ1) is 10.4. The second-order valence-corrected chi connectivity index (χ2v) is 6.15. The van der Waals surface area contributed by atoms with Gasteiger partial charge in [-0.25, -0.2) is 0 Å². The first-order valence-corrected chi connectivity index (χ1v) is 8.02. The summed E-state index contributed by atoms with van der Waals surface area (Å²) < 4.78 is 0. The van der Waals surface area contributed by atoms with Crippen molar-refractivity contribution < 1.29 is 0 Å². The summed E-state index contributed by atoms with van der Waals surface area (Å²) in [6, 6.07) is 10.5. The highest BCUT2D eigenvalue weighted by atomic mass is 14.9. The highest BCUT2D eigenvalue weighted by molar-refractivity contribution is 5.56. The van der Waals surface area contributed by atoms with Gasteiger partial charge in [0.15, 0.2) is 0 Å². The molecule has 0 radical (unpaired) electrons. The fraction of sp³-hybridized carbons (Fsp3) is 0.300. The summed E-state index contributed by atoms with van der Waals surface area (Å²) in [6.07, 6.45) is 16.7. The molecular formula is C20H21N. The third-order valence-electron chi connectivity index (χ3n) is 4.85. The van der Waals surface area contributed by atoms with E-state index in [9.17, 15) is 0 Å². The number of hydrogen-bond acceptors (Lipinski definition) is 1. The van der Waals surface area contributed by atoms with Crippen LogP contribution in [0, 0.1) is 11.8 Å². The number of para-hydroxylation sites is 1. The predicted molar refractivity (Wildman–Crippen MR) is 88.9 cm³/mol. The molecule has 1 nitrogen and oxygen atoms in total. The van der Waals surface area contributed by atoms with Gasteiger partial charge in [0.05, 0.1) is 0 Å². The van der Waals surface area contributed by atoms with Crippen LogP contribution in [0.3, 0.4) is 0 Å². The molecule has 1 N–H and O–H groups in total. The second kappa shape index (κ2) is 5.40. The number of rotatable bonds is 2. The molecule has 1 aromatic carbocycles. The first kappa shape index (κ1) is 12.7. The van der Waals surface area contributed by atoms with Gasteiger partial charge >= 0.3 is 0 Å². The largest absolute Gasteiger partial charge is 0.356 e. The minimum absolute atomic E-state index is 0.606. The quantitative estimate of drug-likeness (QED) is 0.729. The molecule has 106 valence electrons. The summed E-state index contributed by atoms with van der Waals surface area (Å²) in [6.45, 7) is 0. The third-order valence-corrected chi connectivity index (χ3v) is 4.85. The van der Waals surface area contributed by atoms with E-state index in [1.54, 1.807) is 5.57 Å². The maximum atomic E-state index is 3.65. The van der Waals surface area contributed by atoms with E-state index in [1.807, 2.05) is 0 Å². The minimum atomic E-state index is 0.606. The van der Waals surface area contributed by atoms with Gasteiger partial charge < -0.3 is 5.32 Å². The maximum Gasteiger partial charge on any atom is 0.0385 e. The summed E-state index contributed by atoms with van der Waals surface area (Å²) >= 11 is 0. The molecular weight excluding hydrogens is 254 g/mol. The fourth-order valence-electron chi connectivity index (χ4n) is 3.84. The van der Waals surface area contributed by atoms with Gasteiger partial charge in [0.1, 0.15) is 0 Å². The Morgan fingerprint density at radius 1 is 1.00 bits per heavy atom. The van der Waals surface area contributed by atoms with E-state index in [0.717, 1.165) is 0 Å². The summed E-state index contributed by atoms with van der Waals surface area (Å²) in [5.74, 6) is 1.30. The van der Waals surface area contributed by atoms with E-state index in [0.29, 0.717) is 11.8 Å². The van der Waals surface area contributed by atoms with E-state index in [2.05, 4.69) is 66.0 Å². The Morgan fingerprint density at radius 3 is 2.81 bits per heavy atom. The van der Waals surface area contributed by atoms with Crippen LogP contribution in [-0.4, -0.2) is 0 Å². The Balaban J connectivity index is 1.74. The van der Waals surface area contributed by atoms with E-state index < -0.39 is 0 Å². The lowest BCUT2D eigenvalue weighted by molar-refractivity contribution is 0.445. The Bertz CT molecular complexity index is 646. The van der Waals surface area contributed by atoms with E-state index >= 15 is 0 Å². The number of anilines is 1. The normalized spacial score (nSPS) is 27.0. The molecule has 0 saturated carbocycles. The van der Waals surface area contributed by atoms with Gasteiger partial charge in [0, 0.05) is 17.3 Å². The van der Waals surface area contributed by atoms with Crippen LogP contribution in [0.4, 0.5) is 5.69 Å². The lowest BCUT2D eigenvalue weighted by Crippen LogP contribution is -2.26. The van der Waals surface area contributed by atoms with Crippen LogP contribution in [0.15, 0.2) is 77.6 Å². The van der Waals surface area contributed by atoms with Crippen molar-refractivity contribution in [3.63, 3.8) is 0 Å². The molecule has 1 heteroatoms. The van der Waals surface area contributed by atoms with Crippen molar-refractivity contribution >= 4 is 5.69 Å². The first-order valence-electron chi connectivity index (χ1n) is 8.02. The van der Waals surface area contributed by atoms with Gasteiger partial charge in [0.25, 0.3) is 0 Å². The van der Waals surface area contributed by atoms with Gasteiger partial charge in [-0.2, -0.15) is 0 Å². The van der Waals surface area contributed by atoms with Crippen LogP contribution in [0.2, 0.25) is 0 Å². The SMILES string of the molecule is C1=CC2C(=C(Nc3ccccc3)C=C3C=CCCC32)CC1. The van der Waals surface area contributed by atoms with Crippen molar-refractivity contribution in [3.05, 3.63) is 77.6 Å². The standard InChI is InChI=1S/C20H21N/c1-2-9-16(10-3-1)21-20-14-15-8-4-5-11-17(15)18-12-6-7-13-19(18)20/h1-4,6,8-10,12,14,17-18,21H,5,7,11,13H2. The summed E-state index contributed by atoms with van der Waals surface area (Å²) in [7, 11) is 0. The number of hydrogen-bond donors (Lipinski definition) is 1. The Kier molecular flexibility index (Phi) is 3.27. The molecule has 3 aliphatic rings. The number of allylic oxidation sites excluding steroid dienone is 7. The number of fused-ring (bicyclic) bond motifs is 3. The maximum absolute atomic E-state index is 3.65. The molecule has 3 aliphatic carbocycles. The monoisotopic (exact) mass is 275 g/mol. The van der Waals surface area contributed by atoms with Crippen LogP contribution in [0.5, 0.6) is 0 Å². The van der Waals surface area contributed by atoms with Crippen molar-refractivity contribution in [2.24, 2.45) is 11.8 Å². The average molecular weight is 275 g/mol. The Morgan fingerprint density at radius 2 is 1.90 bits per heavy atom. The van der Waals surface area contributed by atoms with Crippen molar-refractivity contribution in [1.29, 1.82) is 0 Å². The molecule has 0 aromatic heterocycles. The zero-order valence-electron chi connectivity index (χ0n) is 12.3. The molecule has 4 rings (SSSR count). The highest BCUT2D eigenvalue weighted by Gasteiger charge is 2.32. The molecule has 1 aromatic rings. The van der Waals surface area contributed by atoms with E-state index in [-0.39, 0.29) is 0 Å². The molecule has 0 spiro atoms. The highest BCUT2D eigenvalue weighted by Crippen LogP contribution is 2.44. The van der Waals surface area contributed by atoms with Gasteiger partial charge in [0.2, 0.25) is 0 Å². The molecule has 0 saturated heterocycles. The van der Waals surface area contributed by atoms with E-state index in [4.69, 9.17) is 0 Å². The van der Waals surface area contributed by atoms with Gasteiger partial charge in [-0.3, -0.25) is 0 Å². The van der Waals surface area contributed by atoms with Crippen molar-refractivity contribution in [3.8, 4) is 0 Å². The number of nitrogens with one attached hydrogen (secondary N) is 1. The zero-order valence-corrected chi connectivity index (χ0v) is 12.3. The van der Waals surface area contributed by atoms with Crippen LogP contribution in [-0.2, 0) is 0 Å². The molecule has 0 bridgehead atoms. The molecule has 0 heterocycles. The lowest BCUT2D eigenvalue weighted by Gasteiger charge is -2.37. The van der Waals surface area contributed by atoms with E-state index in [1.165, 1.54) is 42.6 Å². The predicted octanol–water partition coefficient (Wildman–Crippen LogP) is 5.23. The topological polar surface area (TPSA) is 12.0 Å². The van der Waals surface area contributed by atoms with Crippen molar-refractivity contribution in [2.75, 3.05) is 5.32 Å². The Hall–Kier alpha value is -2.02. The molecule has 2 unspecified atom stereocenters. The second-order valence-electron chi connectivity index (χ2n) is 6.15. The molecule has 0 amide bonds. The van der Waals surface area contributed by atoms with Gasteiger partial charge in [-0.15, -0.1) is 0 Å². The fourth-order valence-corrected chi connectivity index (χ4v) is 3.84. The molecule has 0 aliphatic heterocycles.